The van der Waals surface area contributed by atoms with E-state index in [0.29, 0.717) is 33.5 Å². The van der Waals surface area contributed by atoms with E-state index >= 15 is 0 Å². The minimum Gasteiger partial charge on any atom is -0.468 e. The number of thiazole rings is 1. The molecule has 4 rings (SSSR count). The van der Waals surface area contributed by atoms with E-state index in [1.165, 1.54) is 29.4 Å². The molecule has 28 heavy (non-hydrogen) atoms. The van der Waals surface area contributed by atoms with Crippen LogP contribution < -0.4 is 10.6 Å². The summed E-state index contributed by atoms with van der Waals surface area (Å²) in [5.41, 5.74) is 1.82. The fraction of sp³-hybridized carbons (Fsp3) is 0.263. The van der Waals surface area contributed by atoms with Crippen LogP contribution in [0.3, 0.4) is 0 Å². The quantitative estimate of drug-likeness (QED) is 0.773. The van der Waals surface area contributed by atoms with Crippen molar-refractivity contribution in [3.63, 3.8) is 0 Å². The van der Waals surface area contributed by atoms with Crippen LogP contribution in [-0.2, 0) is 9.59 Å². The van der Waals surface area contributed by atoms with Gasteiger partial charge in [0.05, 0.1) is 34.6 Å². The average molecular weight is 412 g/mol. The lowest BCUT2D eigenvalue weighted by Gasteiger charge is -2.32. The molecule has 0 fully saturated rings. The normalized spacial score (nSPS) is 19.1. The van der Waals surface area contributed by atoms with Crippen molar-refractivity contribution in [3.05, 3.63) is 57.6 Å². The van der Waals surface area contributed by atoms with E-state index in [1.54, 1.807) is 23.7 Å². The van der Waals surface area contributed by atoms with Crippen LogP contribution in [0.2, 0.25) is 0 Å². The van der Waals surface area contributed by atoms with Crippen LogP contribution in [0.15, 0.2) is 56.3 Å². The molecule has 0 saturated heterocycles. The van der Waals surface area contributed by atoms with E-state index in [9.17, 15) is 14.9 Å². The maximum Gasteiger partial charge on any atom is 0.236 e. The third-order valence-electron chi connectivity index (χ3n) is 4.52. The van der Waals surface area contributed by atoms with Crippen LogP contribution in [0.25, 0.3) is 0 Å². The molecule has 1 unspecified atom stereocenters. The lowest BCUT2D eigenvalue weighted by Crippen LogP contribution is -2.31. The van der Waals surface area contributed by atoms with Crippen LogP contribution in [-0.4, -0.2) is 22.4 Å². The molecular formula is C19H16N4O3S2. The number of carbonyl (C=O) groups is 2. The monoisotopic (exact) mass is 412 g/mol. The third-order valence-corrected chi connectivity index (χ3v) is 6.22. The van der Waals surface area contributed by atoms with Gasteiger partial charge in [0.2, 0.25) is 5.91 Å². The number of carbonyl (C=O) groups excluding carboxylic acids is 2. The number of Topliss-reactive ketones (excluding diaryl/α,β-unsaturated/α-hetero) is 1. The van der Waals surface area contributed by atoms with Gasteiger partial charge in [-0.15, -0.1) is 11.3 Å². The summed E-state index contributed by atoms with van der Waals surface area (Å²) in [6.45, 7) is 0. The molecule has 2 aromatic rings. The Labute approximate surface area is 169 Å². The summed E-state index contributed by atoms with van der Waals surface area (Å²) >= 11 is 2.58. The van der Waals surface area contributed by atoms with Crippen molar-refractivity contribution in [1.29, 1.82) is 5.26 Å². The van der Waals surface area contributed by atoms with E-state index in [-0.39, 0.29) is 17.4 Å². The van der Waals surface area contributed by atoms with E-state index in [4.69, 9.17) is 4.42 Å². The van der Waals surface area contributed by atoms with Crippen molar-refractivity contribution in [2.45, 2.75) is 25.2 Å². The number of dihydropyridines is 1. The molecule has 0 aromatic carbocycles. The summed E-state index contributed by atoms with van der Waals surface area (Å²) in [6.07, 6.45) is 5.12. The minimum absolute atomic E-state index is 0.0356. The van der Waals surface area contributed by atoms with Gasteiger partial charge in [0.25, 0.3) is 0 Å². The van der Waals surface area contributed by atoms with Crippen molar-refractivity contribution in [3.8, 4) is 6.07 Å². The second-order valence-electron chi connectivity index (χ2n) is 6.27. The Balaban J connectivity index is 1.60. The first-order valence-corrected chi connectivity index (χ1v) is 10.6. The molecule has 2 N–H and O–H groups in total. The number of furan rings is 1. The Morgan fingerprint density at radius 3 is 3.11 bits per heavy atom. The number of anilines is 1. The molecule has 1 aliphatic carbocycles. The summed E-state index contributed by atoms with van der Waals surface area (Å²) in [4.78, 5) is 28.8. The highest BCUT2D eigenvalue weighted by Crippen LogP contribution is 2.44. The molecular weight excluding hydrogens is 396 g/mol. The molecule has 2 aromatic heterocycles. The van der Waals surface area contributed by atoms with Gasteiger partial charge in [-0.05, 0) is 25.0 Å². The lowest BCUT2D eigenvalue weighted by atomic mass is 9.79. The lowest BCUT2D eigenvalue weighted by molar-refractivity contribution is -0.116. The number of hydrogen-bond acceptors (Lipinski definition) is 8. The third kappa shape index (κ3) is 3.61. The van der Waals surface area contributed by atoms with Crippen LogP contribution in [0, 0.1) is 11.3 Å². The summed E-state index contributed by atoms with van der Waals surface area (Å²) in [5, 5.41) is 18.7. The molecule has 0 radical (unpaired) electrons. The first kappa shape index (κ1) is 18.5. The molecule has 9 heteroatoms. The highest BCUT2D eigenvalue weighted by Gasteiger charge is 2.38. The number of rotatable bonds is 5. The van der Waals surface area contributed by atoms with Gasteiger partial charge >= 0.3 is 0 Å². The van der Waals surface area contributed by atoms with E-state index < -0.39 is 5.92 Å². The number of ketones is 1. The van der Waals surface area contributed by atoms with Gasteiger partial charge in [-0.25, -0.2) is 4.98 Å². The number of aromatic nitrogens is 1. The molecule has 3 heterocycles. The number of amides is 1. The highest BCUT2D eigenvalue weighted by molar-refractivity contribution is 8.03. The topological polar surface area (TPSA) is 108 Å². The van der Waals surface area contributed by atoms with Crippen LogP contribution in [0.5, 0.6) is 0 Å². The molecule has 7 nitrogen and oxygen atoms in total. The van der Waals surface area contributed by atoms with Crippen molar-refractivity contribution < 1.29 is 14.0 Å². The average Bonchev–Trinajstić information content (AvgIpc) is 3.39. The molecule has 0 bridgehead atoms. The van der Waals surface area contributed by atoms with Crippen molar-refractivity contribution in [1.82, 2.24) is 10.3 Å². The molecule has 1 aliphatic heterocycles. The largest absolute Gasteiger partial charge is 0.468 e. The summed E-state index contributed by atoms with van der Waals surface area (Å²) in [7, 11) is 0. The SMILES string of the molecule is N#CC1=C(SCC(=O)Nc2nccs2)NC2=C(C(=O)CCC2)C1c1ccco1. The number of nitrogens with one attached hydrogen (secondary N) is 2. The second-order valence-corrected chi connectivity index (χ2v) is 8.15. The Kier molecular flexibility index (Phi) is 5.32. The maximum absolute atomic E-state index is 12.6. The minimum atomic E-state index is -0.534. The molecule has 1 amide bonds. The second kappa shape index (κ2) is 8.04. The first-order valence-electron chi connectivity index (χ1n) is 8.70. The first-order chi connectivity index (χ1) is 13.7. The van der Waals surface area contributed by atoms with Gasteiger partial charge in [-0.2, -0.15) is 5.26 Å². The number of allylic oxidation sites excluding steroid dienone is 3. The number of hydrogen-bond donors (Lipinski definition) is 2. The summed E-state index contributed by atoms with van der Waals surface area (Å²) in [5.74, 6) is -0.0251. The van der Waals surface area contributed by atoms with Crippen LogP contribution >= 0.6 is 23.1 Å². The highest BCUT2D eigenvalue weighted by atomic mass is 32.2. The fourth-order valence-electron chi connectivity index (χ4n) is 3.36. The standard InChI is InChI=1S/C19H16N4O3S2/c20-9-11-16(14-5-2-7-26-14)17-12(3-1-4-13(17)24)22-18(11)28-10-15(25)23-19-21-6-8-27-19/h2,5-8,16,22H,1,3-4,10H2,(H,21,23,25). The predicted molar refractivity (Wildman–Crippen MR) is 106 cm³/mol. The molecule has 142 valence electrons. The van der Waals surface area contributed by atoms with E-state index in [1.807, 2.05) is 0 Å². The Morgan fingerprint density at radius 2 is 2.39 bits per heavy atom. The Hall–Kier alpha value is -2.83. The van der Waals surface area contributed by atoms with E-state index in [0.717, 1.165) is 18.5 Å². The molecule has 0 saturated carbocycles. The maximum atomic E-state index is 12.6. The molecule has 0 spiro atoms. The van der Waals surface area contributed by atoms with Crippen molar-refractivity contribution in [2.75, 3.05) is 11.1 Å². The van der Waals surface area contributed by atoms with Crippen molar-refractivity contribution >= 4 is 39.9 Å². The molecule has 1 atom stereocenters. The van der Waals surface area contributed by atoms with Gasteiger partial charge in [-0.3, -0.25) is 9.59 Å². The Bertz CT molecular complexity index is 1000. The zero-order chi connectivity index (χ0) is 19.5. The van der Waals surface area contributed by atoms with Gasteiger partial charge in [0.1, 0.15) is 5.76 Å². The zero-order valence-corrected chi connectivity index (χ0v) is 16.4. The van der Waals surface area contributed by atoms with Gasteiger partial charge in [-0.1, -0.05) is 11.8 Å². The number of nitriles is 1. The van der Waals surface area contributed by atoms with Crippen LogP contribution in [0.1, 0.15) is 30.9 Å². The van der Waals surface area contributed by atoms with E-state index in [2.05, 4.69) is 21.7 Å². The Morgan fingerprint density at radius 1 is 1.50 bits per heavy atom. The molecule has 2 aliphatic rings. The van der Waals surface area contributed by atoms with Gasteiger partial charge in [0.15, 0.2) is 10.9 Å². The zero-order valence-electron chi connectivity index (χ0n) is 14.7. The van der Waals surface area contributed by atoms with Gasteiger partial charge < -0.3 is 15.1 Å². The number of nitrogens with zero attached hydrogens (tertiary/aromatic N) is 2. The van der Waals surface area contributed by atoms with Crippen LogP contribution in [0.4, 0.5) is 5.13 Å². The summed E-state index contributed by atoms with van der Waals surface area (Å²) < 4.78 is 5.55. The summed E-state index contributed by atoms with van der Waals surface area (Å²) in [6, 6.07) is 5.74. The van der Waals surface area contributed by atoms with Crippen molar-refractivity contribution in [2.24, 2.45) is 0 Å². The predicted octanol–water partition coefficient (Wildman–Crippen LogP) is 3.54. The fourth-order valence-corrected chi connectivity index (χ4v) is 4.76. The van der Waals surface area contributed by atoms with Gasteiger partial charge in [0, 0.05) is 29.3 Å². The smallest absolute Gasteiger partial charge is 0.236 e. The number of thioether (sulfide) groups is 1.